The van der Waals surface area contributed by atoms with Gasteiger partial charge in [0.05, 0.1) is 86.8 Å². The van der Waals surface area contributed by atoms with E-state index in [1.165, 1.54) is 12.2 Å². The maximum Gasteiger partial charge on any atom is 0.518 e. The molecule has 0 radical (unpaired) electrons. The molecule has 13 aliphatic rings. The van der Waals surface area contributed by atoms with Gasteiger partial charge >= 0.3 is 27.7 Å². The van der Waals surface area contributed by atoms with Crippen LogP contribution in [0, 0.1) is 10.8 Å². The van der Waals surface area contributed by atoms with Crippen molar-refractivity contribution in [2.75, 3.05) is 54.4 Å². The fraction of sp³-hybridized carbons (Fsp3) is 0.523. The number of Topliss-reactive ketones (excluding diaryl/α,β-unsaturated/α-hetero) is 3. The van der Waals surface area contributed by atoms with E-state index in [4.69, 9.17) is 9.47 Å². The van der Waals surface area contributed by atoms with Crippen LogP contribution in [-0.2, 0) is 75.2 Å². The highest BCUT2D eigenvalue weighted by molar-refractivity contribution is 7.92. The van der Waals surface area contributed by atoms with Crippen LogP contribution in [-0.4, -0.2) is 192 Å². The Morgan fingerprint density at radius 2 is 0.824 bits per heavy atom. The zero-order chi connectivity index (χ0) is 106. The molecule has 2 saturated heterocycles. The third-order valence-electron chi connectivity index (χ3n) is 32.0. The Balaban J connectivity index is 0.000000170. The second-order valence-corrected chi connectivity index (χ2v) is 48.0. The van der Waals surface area contributed by atoms with Crippen LogP contribution >= 0.6 is 0 Å². The highest BCUT2D eigenvalue weighted by Crippen LogP contribution is 2.59. The summed E-state index contributed by atoms with van der Waals surface area (Å²) in [5.41, 5.74) is 4.01. The predicted molar refractivity (Wildman–Crippen MR) is 554 cm³/mol. The summed E-state index contributed by atoms with van der Waals surface area (Å²) < 4.78 is 107. The molecule has 142 heavy (non-hydrogen) atoms. The SMILES string of the molecule is CC(C)N1C2=CC(=NS(=O)(=O)C(F)(F)F)C(=C3C(=O)C(c4cc5c(cc4NS(C)(=O)=O)N(C(C)C)C(C)C5(C)C)=C3O)C=C2C(C)(C)C1C.CC(C)N1c2cc3c(cc2C(C)(C)C1C)C1=C(O)C(=c2cc4c(cc2=NC(=O)CC(=O)N3)N(C(C)C)C(C)C4(C)C)C1=O.CCCOC(=O)N=C1C=C2C(=CC1=C1C(=O)C(c3cc4c(cc3NC(=O)OCCC)N(C(C)C)C(C)C4(C)C)=C1O)C(C)(C)C(C)N2C(C)C. The number of ketones is 3. The Hall–Kier alpha value is -11.9. The van der Waals surface area contributed by atoms with Gasteiger partial charge in [-0.05, 0) is 244 Å². The number of allylic oxidation sites excluding steroid dienone is 14. The summed E-state index contributed by atoms with van der Waals surface area (Å²) in [6.07, 6.45) is 6.81. The number of ether oxygens (including phenoxy) is 2. The van der Waals surface area contributed by atoms with E-state index in [-0.39, 0.29) is 175 Å². The number of hydrogen-bond acceptors (Lipinski definition) is 22. The van der Waals surface area contributed by atoms with E-state index in [1.807, 2.05) is 137 Å². The van der Waals surface area contributed by atoms with Crippen LogP contribution in [0.2, 0.25) is 0 Å². The molecule has 2 fully saturated rings. The van der Waals surface area contributed by atoms with Crippen molar-refractivity contribution in [1.29, 1.82) is 0 Å². The quantitative estimate of drug-likeness (QED) is 0.0448. The predicted octanol–water partition coefficient (Wildman–Crippen LogP) is 19.7. The van der Waals surface area contributed by atoms with Gasteiger partial charge in [-0.25, -0.2) is 23.0 Å². The average molecular weight is 1990 g/mol. The molecule has 4 aromatic carbocycles. The number of nitrogens with zero attached hydrogens (tertiary/aromatic N) is 9. The molecule has 28 nitrogen and oxygen atoms in total. The van der Waals surface area contributed by atoms with Crippen molar-refractivity contribution in [2.24, 2.45) is 25.2 Å². The molecular weight excluding hydrogens is 1850 g/mol. The van der Waals surface area contributed by atoms with Gasteiger partial charge in [0.2, 0.25) is 33.3 Å². The van der Waals surface area contributed by atoms with Gasteiger partial charge in [0.1, 0.15) is 23.7 Å². The molecule has 6 atom stereocenters. The molecule has 0 aromatic heterocycles. The number of amides is 4. The molecule has 2 bridgehead atoms. The molecular formula is C109H139F3N12O16S2. The van der Waals surface area contributed by atoms with Gasteiger partial charge < -0.3 is 59.5 Å². The normalized spacial score (nSPS) is 24.7. The second-order valence-electron chi connectivity index (χ2n) is 44.7. The van der Waals surface area contributed by atoms with Crippen molar-refractivity contribution in [1.82, 2.24) is 9.80 Å². The summed E-state index contributed by atoms with van der Waals surface area (Å²) in [6.45, 7) is 67.0. The van der Waals surface area contributed by atoms with Crippen molar-refractivity contribution < 1.29 is 88.4 Å². The van der Waals surface area contributed by atoms with Crippen LogP contribution in [0.25, 0.3) is 22.3 Å². The minimum absolute atomic E-state index is 0.0204. The van der Waals surface area contributed by atoms with Crippen molar-refractivity contribution in [3.05, 3.63) is 184 Å². The number of carbonyl (C=O) groups excluding carboxylic acids is 7. The number of carbonyl (C=O) groups is 7. The lowest BCUT2D eigenvalue weighted by Gasteiger charge is -2.34. The van der Waals surface area contributed by atoms with E-state index in [0.29, 0.717) is 62.8 Å². The fourth-order valence-electron chi connectivity index (χ4n) is 22.9. The number of aliphatic hydroxyl groups excluding tert-OH is 3. The maximum atomic E-state index is 14.4. The summed E-state index contributed by atoms with van der Waals surface area (Å²) in [4.78, 5) is 117. The Kier molecular flexibility index (Phi) is 27.2. The monoisotopic (exact) mass is 1990 g/mol. The number of nitrogens with one attached hydrogen (secondary N) is 3. The van der Waals surface area contributed by atoms with Crippen LogP contribution in [0.15, 0.2) is 149 Å². The van der Waals surface area contributed by atoms with Crippen LogP contribution < -0.4 is 45.5 Å². The zero-order valence-corrected chi connectivity index (χ0v) is 89.6. The van der Waals surface area contributed by atoms with Gasteiger partial charge in [0.25, 0.3) is 5.91 Å². The second kappa shape index (κ2) is 36.5. The molecule has 5 aliphatic carbocycles. The zero-order valence-electron chi connectivity index (χ0n) is 88.0. The number of rotatable bonds is 16. The number of alkyl halides is 3. The van der Waals surface area contributed by atoms with Crippen LogP contribution in [0.3, 0.4) is 0 Å². The Morgan fingerprint density at radius 1 is 0.472 bits per heavy atom. The number of aliphatic imine (C=N–C) groups is 1. The Morgan fingerprint density at radius 3 is 1.23 bits per heavy atom. The summed E-state index contributed by atoms with van der Waals surface area (Å²) in [6, 6.07) is 15.7. The lowest BCUT2D eigenvalue weighted by atomic mass is 9.73. The van der Waals surface area contributed by atoms with Crippen molar-refractivity contribution in [3.8, 4) is 0 Å². The first-order chi connectivity index (χ1) is 65.5. The summed E-state index contributed by atoms with van der Waals surface area (Å²) in [7, 11) is -9.93. The Bertz CT molecular complexity index is 6920. The minimum atomic E-state index is -6.05. The van der Waals surface area contributed by atoms with Crippen molar-refractivity contribution in [3.63, 3.8) is 0 Å². The number of anilines is 7. The molecule has 33 heteroatoms. The topological polar surface area (TPSA) is 360 Å². The summed E-state index contributed by atoms with van der Waals surface area (Å²) >= 11 is 0. The number of fused-ring (bicyclic) bond motifs is 10. The molecule has 6 unspecified atom stereocenters. The first-order valence-electron chi connectivity index (χ1n) is 49.3. The number of aliphatic hydroxyl groups is 3. The van der Waals surface area contributed by atoms with E-state index in [1.54, 1.807) is 12.1 Å². The number of hydrogen-bond donors (Lipinski definition) is 6. The highest BCUT2D eigenvalue weighted by Gasteiger charge is 2.56. The fourth-order valence-corrected chi connectivity index (χ4v) is 24.0. The lowest BCUT2D eigenvalue weighted by Crippen LogP contribution is -2.42. The molecule has 17 rings (SSSR count). The van der Waals surface area contributed by atoms with E-state index < -0.39 is 95.4 Å². The van der Waals surface area contributed by atoms with Crippen molar-refractivity contribution >= 4 is 135 Å². The first kappa shape index (κ1) is 106. The number of halogens is 3. The summed E-state index contributed by atoms with van der Waals surface area (Å²) in [5, 5.41) is 41.6. The molecule has 764 valence electrons. The number of benzene rings is 4. The standard InChI is InChI=1S/C40H54N4O6.C35H42N4O4.C34H43F3N4O6S2/c1-13-15-49-37(47)41-29-19-31-27(39(9,10)23(7)43(31)21(3)4)17-25(29)33-35(45)34(36(33)46)26-18-28-32(20-30(26)42-38(48)50-16-14-2)44(22(5)6)24(8)40(28,11)12;1-16(2)38-18(5)34(7,8)22-11-20-24(13-26(22)38)36-28(40)15-29(41)37-25-14-27-23(35(9,10)19(6)39(27)17(3)4)12-21(25)31-32(42)30(20)33(31)43;1-16(2)40-18(5)32(7,8)22-12-20(24(14-26(22)40)38-48(11,44)45)28-30(42)29(31(28)43)21-13-23-27(41(17(3)4)19(6)33(23,9)10)15-25(21)39-49(46,47)34(35,36)37/h17-24,45H,13-16H2,1-12H3,(H,41,47);11-14,16-19,42H,15H2,1-10H3,(H,36,40);12-19,38,42H,1-11H3. The largest absolute Gasteiger partial charge is 0.518 e. The van der Waals surface area contributed by atoms with E-state index in [9.17, 15) is 78.9 Å². The maximum absolute atomic E-state index is 14.4. The van der Waals surface area contributed by atoms with Gasteiger partial charge in [0.15, 0.2) is 0 Å². The van der Waals surface area contributed by atoms with Crippen LogP contribution in [0.4, 0.5) is 62.6 Å². The van der Waals surface area contributed by atoms with Crippen LogP contribution in [0.5, 0.6) is 0 Å². The molecule has 8 aliphatic heterocycles. The highest BCUT2D eigenvalue weighted by atomic mass is 32.2. The smallest absolute Gasteiger partial charge is 0.506 e. The van der Waals surface area contributed by atoms with Gasteiger partial charge in [-0.3, -0.25) is 34.0 Å². The number of likely N-dealkylation sites (tertiary alicyclic amines) is 2. The first-order valence-corrected chi connectivity index (χ1v) is 52.6. The van der Waals surface area contributed by atoms with Gasteiger partial charge in [-0.15, -0.1) is 0 Å². The third-order valence-corrected chi connectivity index (χ3v) is 33.7. The Labute approximate surface area is 832 Å². The molecule has 4 amide bonds. The van der Waals surface area contributed by atoms with Gasteiger partial charge in [-0.1, -0.05) is 96.9 Å². The average Bonchev–Trinajstić information content (AvgIpc) is 1.45. The van der Waals surface area contributed by atoms with E-state index in [0.717, 1.165) is 62.5 Å². The van der Waals surface area contributed by atoms with E-state index >= 15 is 0 Å². The molecule has 0 spiro atoms. The number of sulfonamides is 2. The van der Waals surface area contributed by atoms with Crippen molar-refractivity contribution in [2.45, 2.75) is 340 Å². The minimum Gasteiger partial charge on any atom is -0.506 e. The third kappa shape index (κ3) is 17.2. The molecule has 8 heterocycles. The molecule has 4 aromatic rings. The van der Waals surface area contributed by atoms with E-state index in [2.05, 4.69) is 193 Å². The summed E-state index contributed by atoms with van der Waals surface area (Å²) in [5.74, 6) is -3.63. The van der Waals surface area contributed by atoms with Gasteiger partial charge in [-0.2, -0.15) is 31.0 Å². The van der Waals surface area contributed by atoms with Crippen LogP contribution in [0.1, 0.15) is 280 Å². The molecule has 0 saturated carbocycles. The lowest BCUT2D eigenvalue weighted by molar-refractivity contribution is -0.125. The molecule has 6 N–H and O–H groups in total. The van der Waals surface area contributed by atoms with Gasteiger partial charge in [0, 0.05) is 172 Å².